The lowest BCUT2D eigenvalue weighted by molar-refractivity contribution is 0.0644. The molecule has 0 bridgehead atoms. The van der Waals surface area contributed by atoms with Crippen molar-refractivity contribution in [3.8, 4) is 0 Å². The van der Waals surface area contributed by atoms with Crippen molar-refractivity contribution in [2.75, 3.05) is 0 Å². The Morgan fingerprint density at radius 1 is 1.33 bits per heavy atom. The van der Waals surface area contributed by atoms with Crippen LogP contribution >= 0.6 is 15.9 Å². The minimum Gasteiger partial charge on any atom is -0.374 e. The van der Waals surface area contributed by atoms with E-state index in [4.69, 9.17) is 4.74 Å². The Bertz CT molecular complexity index is 155. The molecule has 3 heteroatoms. The molecule has 1 rings (SSSR count). The van der Waals surface area contributed by atoms with Crippen LogP contribution in [0.1, 0.15) is 19.8 Å². The van der Waals surface area contributed by atoms with E-state index in [1.807, 2.05) is 0 Å². The Kier molecular flexibility index (Phi) is 3.40. The van der Waals surface area contributed by atoms with Crippen molar-refractivity contribution in [3.63, 3.8) is 0 Å². The lowest BCUT2D eigenvalue weighted by Crippen LogP contribution is -2.42. The standard InChI is InChI=1S/C9H19BrOSi/c1-7-5-6-8(11-7)9(10)12(2,3)4/h7-9H,5-6H2,1-4H3/t7-,8+,9-/m0/s1. The van der Waals surface area contributed by atoms with Crippen molar-refractivity contribution < 1.29 is 4.74 Å². The molecule has 1 saturated heterocycles. The maximum atomic E-state index is 5.84. The summed E-state index contributed by atoms with van der Waals surface area (Å²) in [5, 5.41) is 0. The second-order valence-electron chi connectivity index (χ2n) is 4.83. The fourth-order valence-electron chi connectivity index (χ4n) is 1.61. The summed E-state index contributed by atoms with van der Waals surface area (Å²) in [7, 11) is -1.06. The number of ether oxygens (including phenoxy) is 1. The molecule has 3 atom stereocenters. The number of hydrogen-bond donors (Lipinski definition) is 0. The van der Waals surface area contributed by atoms with Crippen LogP contribution in [0.3, 0.4) is 0 Å². The molecular weight excluding hydrogens is 232 g/mol. The smallest absolute Gasteiger partial charge is 0.0679 e. The van der Waals surface area contributed by atoms with Gasteiger partial charge in [-0.25, -0.2) is 0 Å². The fraction of sp³-hybridized carbons (Fsp3) is 1.00. The van der Waals surface area contributed by atoms with E-state index in [0.29, 0.717) is 16.7 Å². The molecule has 0 saturated carbocycles. The highest BCUT2D eigenvalue weighted by Crippen LogP contribution is 2.30. The highest BCUT2D eigenvalue weighted by atomic mass is 79.9. The maximum absolute atomic E-state index is 5.84. The quantitative estimate of drug-likeness (QED) is 0.541. The highest BCUT2D eigenvalue weighted by Gasteiger charge is 2.35. The molecule has 0 radical (unpaired) electrons. The second-order valence-corrected chi connectivity index (χ2v) is 12.0. The van der Waals surface area contributed by atoms with E-state index < -0.39 is 8.07 Å². The largest absolute Gasteiger partial charge is 0.374 e. The molecule has 0 spiro atoms. The van der Waals surface area contributed by atoms with E-state index in [1.54, 1.807) is 0 Å². The Morgan fingerprint density at radius 3 is 2.25 bits per heavy atom. The molecule has 0 N–H and O–H groups in total. The highest BCUT2D eigenvalue weighted by molar-refractivity contribution is 9.10. The Labute approximate surface area is 85.0 Å². The Hall–Kier alpha value is 0.657. The number of halogens is 1. The molecular formula is C9H19BrOSi. The number of rotatable bonds is 2. The van der Waals surface area contributed by atoms with Crippen molar-refractivity contribution in [3.05, 3.63) is 0 Å². The van der Waals surface area contributed by atoms with Gasteiger partial charge < -0.3 is 4.74 Å². The summed E-state index contributed by atoms with van der Waals surface area (Å²) in [6.45, 7) is 9.33. The van der Waals surface area contributed by atoms with E-state index in [2.05, 4.69) is 42.5 Å². The van der Waals surface area contributed by atoms with Gasteiger partial charge in [0.05, 0.1) is 20.3 Å². The first kappa shape index (κ1) is 10.7. The van der Waals surface area contributed by atoms with E-state index >= 15 is 0 Å². The molecule has 0 amide bonds. The summed E-state index contributed by atoms with van der Waals surface area (Å²) in [5.74, 6) is 0. The average molecular weight is 251 g/mol. The molecule has 0 aromatic rings. The van der Waals surface area contributed by atoms with Crippen LogP contribution in [0.5, 0.6) is 0 Å². The van der Waals surface area contributed by atoms with E-state index in [0.717, 1.165) is 0 Å². The van der Waals surface area contributed by atoms with Gasteiger partial charge in [0.1, 0.15) is 0 Å². The van der Waals surface area contributed by atoms with Crippen molar-refractivity contribution >= 4 is 24.0 Å². The zero-order chi connectivity index (χ0) is 9.35. The van der Waals surface area contributed by atoms with Crippen LogP contribution in [0.15, 0.2) is 0 Å². The summed E-state index contributed by atoms with van der Waals surface area (Å²) >= 11 is 3.79. The van der Waals surface area contributed by atoms with Crippen molar-refractivity contribution in [2.24, 2.45) is 0 Å². The third-order valence-corrected chi connectivity index (χ3v) is 9.16. The molecule has 1 aliphatic heterocycles. The predicted molar refractivity (Wildman–Crippen MR) is 59.6 cm³/mol. The van der Waals surface area contributed by atoms with Gasteiger partial charge in [-0.05, 0) is 19.8 Å². The zero-order valence-corrected chi connectivity index (χ0v) is 11.0. The summed E-state index contributed by atoms with van der Waals surface area (Å²) in [5.41, 5.74) is 0. The third-order valence-electron chi connectivity index (χ3n) is 2.42. The van der Waals surface area contributed by atoms with Crippen molar-refractivity contribution in [1.29, 1.82) is 0 Å². The summed E-state index contributed by atoms with van der Waals surface area (Å²) in [4.78, 5) is 0. The molecule has 0 aromatic carbocycles. The van der Waals surface area contributed by atoms with E-state index in [9.17, 15) is 0 Å². The maximum Gasteiger partial charge on any atom is 0.0679 e. The Balaban J connectivity index is 2.48. The molecule has 0 aliphatic carbocycles. The molecule has 1 heterocycles. The van der Waals surface area contributed by atoms with Gasteiger partial charge in [0.25, 0.3) is 0 Å². The van der Waals surface area contributed by atoms with Crippen LogP contribution in [0, 0.1) is 0 Å². The van der Waals surface area contributed by atoms with Crippen LogP contribution in [0.2, 0.25) is 19.6 Å². The van der Waals surface area contributed by atoms with Gasteiger partial charge in [-0.15, -0.1) is 0 Å². The third kappa shape index (κ3) is 2.57. The van der Waals surface area contributed by atoms with E-state index in [-0.39, 0.29) is 0 Å². The van der Waals surface area contributed by atoms with Crippen LogP contribution in [-0.4, -0.2) is 24.7 Å². The molecule has 1 fully saturated rings. The second kappa shape index (κ2) is 3.80. The van der Waals surface area contributed by atoms with Gasteiger partial charge in [-0.3, -0.25) is 0 Å². The fourth-order valence-corrected chi connectivity index (χ4v) is 3.36. The van der Waals surface area contributed by atoms with Crippen LogP contribution < -0.4 is 0 Å². The van der Waals surface area contributed by atoms with Crippen molar-refractivity contribution in [2.45, 2.75) is 56.1 Å². The van der Waals surface area contributed by atoms with Gasteiger partial charge in [0, 0.05) is 4.45 Å². The number of alkyl halides is 1. The summed E-state index contributed by atoms with van der Waals surface area (Å²) < 4.78 is 6.46. The first-order valence-electron chi connectivity index (χ1n) is 4.71. The van der Waals surface area contributed by atoms with Crippen molar-refractivity contribution in [1.82, 2.24) is 0 Å². The molecule has 1 aliphatic rings. The normalized spacial score (nSPS) is 33.8. The molecule has 0 aromatic heterocycles. The molecule has 72 valence electrons. The van der Waals surface area contributed by atoms with Crippen LogP contribution in [0.4, 0.5) is 0 Å². The lowest BCUT2D eigenvalue weighted by atomic mass is 10.2. The Morgan fingerprint density at radius 2 is 1.92 bits per heavy atom. The van der Waals surface area contributed by atoms with Crippen LogP contribution in [0.25, 0.3) is 0 Å². The SMILES string of the molecule is C[C@H]1CC[C@H]([C@@H](Br)[Si](C)(C)C)O1. The monoisotopic (exact) mass is 250 g/mol. The molecule has 12 heavy (non-hydrogen) atoms. The lowest BCUT2D eigenvalue weighted by Gasteiger charge is -2.28. The minimum atomic E-state index is -1.06. The van der Waals surface area contributed by atoms with E-state index in [1.165, 1.54) is 12.8 Å². The molecule has 0 unspecified atom stereocenters. The topological polar surface area (TPSA) is 9.23 Å². The van der Waals surface area contributed by atoms with Crippen LogP contribution in [-0.2, 0) is 4.74 Å². The summed E-state index contributed by atoms with van der Waals surface area (Å²) in [6, 6.07) is 0. The zero-order valence-electron chi connectivity index (χ0n) is 8.43. The number of hydrogen-bond acceptors (Lipinski definition) is 1. The van der Waals surface area contributed by atoms with Gasteiger partial charge >= 0.3 is 0 Å². The minimum absolute atomic E-state index is 0.478. The van der Waals surface area contributed by atoms with Gasteiger partial charge in [-0.1, -0.05) is 35.6 Å². The molecule has 1 nitrogen and oxygen atoms in total. The first-order valence-corrected chi connectivity index (χ1v) is 9.20. The first-order chi connectivity index (χ1) is 5.41. The average Bonchev–Trinajstić information content (AvgIpc) is 2.32. The van der Waals surface area contributed by atoms with Gasteiger partial charge in [0.2, 0.25) is 0 Å². The van der Waals surface area contributed by atoms with Gasteiger partial charge in [-0.2, -0.15) is 0 Å². The van der Waals surface area contributed by atoms with Gasteiger partial charge in [0.15, 0.2) is 0 Å². The predicted octanol–water partition coefficient (Wildman–Crippen LogP) is 3.19. The summed E-state index contributed by atoms with van der Waals surface area (Å²) in [6.07, 6.45) is 3.43.